The Bertz CT molecular complexity index is 1110. The van der Waals surface area contributed by atoms with Gasteiger partial charge in [-0.25, -0.2) is 0 Å². The zero-order valence-electron chi connectivity index (χ0n) is 46.6. The van der Waals surface area contributed by atoms with Crippen molar-refractivity contribution in [2.45, 2.75) is 348 Å². The van der Waals surface area contributed by atoms with Crippen LogP contribution in [-0.2, 0) is 28.6 Å². The number of allylic oxidation sites excluding steroid dienone is 4. The molecule has 0 aliphatic rings. The first-order valence-electron chi connectivity index (χ1n) is 30.8. The number of ether oxygens (including phenoxy) is 3. The Labute approximate surface area is 430 Å². The van der Waals surface area contributed by atoms with Gasteiger partial charge in [0.25, 0.3) is 0 Å². The zero-order chi connectivity index (χ0) is 50.0. The quantitative estimate of drug-likeness (QED) is 0.0261. The molecule has 0 radical (unpaired) electrons. The van der Waals surface area contributed by atoms with Crippen LogP contribution in [0, 0.1) is 0 Å². The highest BCUT2D eigenvalue weighted by molar-refractivity contribution is 5.71. The van der Waals surface area contributed by atoms with Crippen molar-refractivity contribution in [1.29, 1.82) is 0 Å². The van der Waals surface area contributed by atoms with Gasteiger partial charge in [-0.3, -0.25) is 14.4 Å². The largest absolute Gasteiger partial charge is 0.462 e. The third kappa shape index (κ3) is 56.7. The fourth-order valence-electron chi connectivity index (χ4n) is 9.27. The van der Waals surface area contributed by atoms with Gasteiger partial charge in [0, 0.05) is 19.3 Å². The van der Waals surface area contributed by atoms with E-state index in [-0.39, 0.29) is 31.1 Å². The van der Waals surface area contributed by atoms with Crippen LogP contribution >= 0.6 is 0 Å². The molecular weight excluding hydrogens is 853 g/mol. The average Bonchev–Trinajstić information content (AvgIpc) is 3.35. The Morgan fingerprint density at radius 1 is 0.275 bits per heavy atom. The summed E-state index contributed by atoms with van der Waals surface area (Å²) in [6.45, 7) is 6.60. The molecule has 0 aromatic rings. The van der Waals surface area contributed by atoms with Gasteiger partial charge in [0.05, 0.1) is 0 Å². The fourth-order valence-corrected chi connectivity index (χ4v) is 9.27. The van der Waals surface area contributed by atoms with E-state index in [4.69, 9.17) is 14.2 Å². The maximum atomic E-state index is 12.8. The molecule has 1 atom stereocenters. The van der Waals surface area contributed by atoms with Crippen LogP contribution in [0.3, 0.4) is 0 Å². The third-order valence-corrected chi connectivity index (χ3v) is 13.9. The van der Waals surface area contributed by atoms with Crippen molar-refractivity contribution < 1.29 is 28.6 Å². The van der Waals surface area contributed by atoms with E-state index >= 15 is 0 Å². The molecule has 69 heavy (non-hydrogen) atoms. The summed E-state index contributed by atoms with van der Waals surface area (Å²) in [7, 11) is 0. The summed E-state index contributed by atoms with van der Waals surface area (Å²) in [5, 5.41) is 0. The molecule has 406 valence electrons. The van der Waals surface area contributed by atoms with Gasteiger partial charge in [-0.15, -0.1) is 0 Å². The molecule has 0 bridgehead atoms. The Kier molecular flexibility index (Phi) is 56.7. The Morgan fingerprint density at radius 2 is 0.507 bits per heavy atom. The number of hydrogen-bond acceptors (Lipinski definition) is 6. The van der Waals surface area contributed by atoms with Gasteiger partial charge in [-0.2, -0.15) is 0 Å². The smallest absolute Gasteiger partial charge is 0.306 e. The second-order valence-electron chi connectivity index (χ2n) is 21.0. The van der Waals surface area contributed by atoms with Gasteiger partial charge < -0.3 is 14.2 Å². The van der Waals surface area contributed by atoms with Gasteiger partial charge in [-0.1, -0.05) is 283 Å². The summed E-state index contributed by atoms with van der Waals surface area (Å²) < 4.78 is 16.8. The first-order chi connectivity index (χ1) is 34.0. The van der Waals surface area contributed by atoms with Crippen molar-refractivity contribution in [2.24, 2.45) is 0 Å². The topological polar surface area (TPSA) is 78.9 Å². The summed E-state index contributed by atoms with van der Waals surface area (Å²) in [6.07, 6.45) is 69.2. The lowest BCUT2D eigenvalue weighted by molar-refractivity contribution is -0.167. The van der Waals surface area contributed by atoms with Crippen LogP contribution in [0.2, 0.25) is 0 Å². The normalized spacial score (nSPS) is 12.1. The monoisotopic (exact) mass is 971 g/mol. The van der Waals surface area contributed by atoms with E-state index in [0.717, 1.165) is 77.0 Å². The minimum absolute atomic E-state index is 0.0732. The number of carbonyl (C=O) groups excluding carboxylic acids is 3. The first kappa shape index (κ1) is 66.9. The minimum atomic E-state index is -0.774. The number of carbonyl (C=O) groups is 3. The van der Waals surface area contributed by atoms with Crippen molar-refractivity contribution >= 4 is 17.9 Å². The number of unbranched alkanes of at least 4 members (excludes halogenated alkanes) is 42. The summed E-state index contributed by atoms with van der Waals surface area (Å²) in [5.74, 6) is -0.875. The van der Waals surface area contributed by atoms with E-state index in [1.54, 1.807) is 0 Å². The van der Waals surface area contributed by atoms with Gasteiger partial charge >= 0.3 is 17.9 Å². The third-order valence-electron chi connectivity index (χ3n) is 13.9. The highest BCUT2D eigenvalue weighted by Crippen LogP contribution is 2.18. The van der Waals surface area contributed by atoms with Crippen molar-refractivity contribution in [3.63, 3.8) is 0 Å². The molecule has 0 aliphatic carbocycles. The van der Waals surface area contributed by atoms with Gasteiger partial charge in [0.15, 0.2) is 6.10 Å². The van der Waals surface area contributed by atoms with E-state index in [2.05, 4.69) is 45.1 Å². The predicted molar refractivity (Wildman–Crippen MR) is 298 cm³/mol. The van der Waals surface area contributed by atoms with Crippen molar-refractivity contribution in [3.8, 4) is 0 Å². The van der Waals surface area contributed by atoms with E-state index in [1.807, 2.05) is 0 Å². The summed E-state index contributed by atoms with van der Waals surface area (Å²) in [4.78, 5) is 38.0. The van der Waals surface area contributed by atoms with Gasteiger partial charge in [0.2, 0.25) is 0 Å². The SMILES string of the molecule is CCC/C=C\CCCCCCCC(=O)OCC(COC(=O)CCCCCCCCCCCCCCCCCCCCCCCCCCCCCC)OC(=O)CCCCCCC/C=C\CCCCCC. The molecule has 0 aromatic carbocycles. The van der Waals surface area contributed by atoms with Crippen molar-refractivity contribution in [2.75, 3.05) is 13.2 Å². The molecule has 0 aromatic heterocycles. The van der Waals surface area contributed by atoms with Crippen LogP contribution < -0.4 is 0 Å². The lowest BCUT2D eigenvalue weighted by atomic mass is 10.0. The van der Waals surface area contributed by atoms with E-state index in [0.29, 0.717) is 19.3 Å². The molecule has 0 rings (SSSR count). The molecule has 6 nitrogen and oxygen atoms in total. The Hall–Kier alpha value is -2.11. The van der Waals surface area contributed by atoms with Crippen molar-refractivity contribution in [1.82, 2.24) is 0 Å². The molecule has 0 N–H and O–H groups in total. The van der Waals surface area contributed by atoms with Crippen molar-refractivity contribution in [3.05, 3.63) is 24.3 Å². The van der Waals surface area contributed by atoms with Crippen LogP contribution in [0.4, 0.5) is 0 Å². The molecule has 0 aliphatic heterocycles. The standard InChI is InChI=1S/C63H118O6/c1-4-7-10-13-16-19-22-24-25-26-27-28-29-30-31-32-33-34-35-36-37-38-40-41-44-47-50-53-56-62(65)68-59-60(58-67-61(64)55-52-49-46-43-21-18-15-12-9-6-3)69-63(66)57-54-51-48-45-42-39-23-20-17-14-11-8-5-2/h12,15,20,23,60H,4-11,13-14,16-19,21-22,24-59H2,1-3H3/b15-12-,23-20-. The predicted octanol–water partition coefficient (Wildman–Crippen LogP) is 20.7. The zero-order valence-corrected chi connectivity index (χ0v) is 46.6. The molecule has 0 saturated heterocycles. The molecular formula is C63H118O6. The van der Waals surface area contributed by atoms with Gasteiger partial charge in [-0.05, 0) is 64.2 Å². The minimum Gasteiger partial charge on any atom is -0.462 e. The van der Waals surface area contributed by atoms with Crippen LogP contribution in [0.1, 0.15) is 342 Å². The first-order valence-corrected chi connectivity index (χ1v) is 30.8. The van der Waals surface area contributed by atoms with Gasteiger partial charge in [0.1, 0.15) is 13.2 Å². The summed E-state index contributed by atoms with van der Waals surface area (Å²) in [5.41, 5.74) is 0. The molecule has 0 spiro atoms. The molecule has 0 heterocycles. The maximum Gasteiger partial charge on any atom is 0.306 e. The van der Waals surface area contributed by atoms with E-state index < -0.39 is 6.10 Å². The number of hydrogen-bond donors (Lipinski definition) is 0. The van der Waals surface area contributed by atoms with E-state index in [1.165, 1.54) is 225 Å². The van der Waals surface area contributed by atoms with Crippen LogP contribution in [0.25, 0.3) is 0 Å². The Balaban J connectivity index is 4.07. The highest BCUT2D eigenvalue weighted by Gasteiger charge is 2.19. The molecule has 0 saturated carbocycles. The Morgan fingerprint density at radius 3 is 0.797 bits per heavy atom. The average molecular weight is 972 g/mol. The molecule has 6 heteroatoms. The van der Waals surface area contributed by atoms with E-state index in [9.17, 15) is 14.4 Å². The number of esters is 3. The number of rotatable bonds is 57. The fraction of sp³-hybridized carbons (Fsp3) is 0.889. The maximum absolute atomic E-state index is 12.8. The molecule has 1 unspecified atom stereocenters. The molecule has 0 amide bonds. The van der Waals surface area contributed by atoms with Crippen LogP contribution in [0.15, 0.2) is 24.3 Å². The van der Waals surface area contributed by atoms with Crippen LogP contribution in [-0.4, -0.2) is 37.2 Å². The summed E-state index contributed by atoms with van der Waals surface area (Å²) in [6, 6.07) is 0. The summed E-state index contributed by atoms with van der Waals surface area (Å²) >= 11 is 0. The molecule has 0 fully saturated rings. The highest BCUT2D eigenvalue weighted by atomic mass is 16.6. The lowest BCUT2D eigenvalue weighted by Gasteiger charge is -2.18. The second kappa shape index (κ2) is 58.5. The second-order valence-corrected chi connectivity index (χ2v) is 21.0. The van der Waals surface area contributed by atoms with Crippen LogP contribution in [0.5, 0.6) is 0 Å². The lowest BCUT2D eigenvalue weighted by Crippen LogP contribution is -2.30.